The fourth-order valence-electron chi connectivity index (χ4n) is 4.34. The number of hydrogen-bond acceptors (Lipinski definition) is 5. The number of ether oxygens (including phenoxy) is 2. The minimum absolute atomic E-state index is 0.160. The van der Waals surface area contributed by atoms with Crippen LogP contribution in [0.25, 0.3) is 16.8 Å². The normalized spacial score (nSPS) is 10.6. The van der Waals surface area contributed by atoms with Gasteiger partial charge in [0.05, 0.1) is 31.3 Å². The van der Waals surface area contributed by atoms with Crippen molar-refractivity contribution in [1.29, 1.82) is 0 Å². The van der Waals surface area contributed by atoms with Gasteiger partial charge in [0.1, 0.15) is 23.9 Å². The van der Waals surface area contributed by atoms with Gasteiger partial charge in [-0.05, 0) is 50.1 Å². The minimum atomic E-state index is -0.428. The van der Waals surface area contributed by atoms with Crippen molar-refractivity contribution >= 4 is 23.4 Å². The van der Waals surface area contributed by atoms with Gasteiger partial charge in [-0.1, -0.05) is 48.5 Å². The van der Waals surface area contributed by atoms with Crippen LogP contribution in [0.1, 0.15) is 18.2 Å². The number of likely N-dealkylation sites (N-methyl/N-ethyl adjacent to an activating group) is 1. The van der Waals surface area contributed by atoms with Crippen LogP contribution in [-0.2, 0) is 4.79 Å². The third-order valence-electron chi connectivity index (χ3n) is 6.38. The van der Waals surface area contributed by atoms with E-state index in [9.17, 15) is 9.59 Å². The van der Waals surface area contributed by atoms with Gasteiger partial charge < -0.3 is 25.0 Å². The highest BCUT2D eigenvalue weighted by atomic mass is 16.5. The summed E-state index contributed by atoms with van der Waals surface area (Å²) in [7, 11) is 3.07. The summed E-state index contributed by atoms with van der Waals surface area (Å²) in [5.74, 6) is 1.26. The second-order valence-corrected chi connectivity index (χ2v) is 8.93. The summed E-state index contributed by atoms with van der Waals surface area (Å²) in [6, 6.07) is 22.3. The molecule has 0 spiro atoms. The highest BCUT2D eigenvalue weighted by Crippen LogP contribution is 2.34. The van der Waals surface area contributed by atoms with Crippen molar-refractivity contribution in [3.8, 4) is 28.3 Å². The Labute approximate surface area is 228 Å². The highest BCUT2D eigenvalue weighted by Gasteiger charge is 2.23. The molecule has 0 unspecified atom stereocenters. The van der Waals surface area contributed by atoms with E-state index in [1.807, 2.05) is 75.4 Å². The summed E-state index contributed by atoms with van der Waals surface area (Å²) < 4.78 is 12.4. The first-order valence-electron chi connectivity index (χ1n) is 12.6. The summed E-state index contributed by atoms with van der Waals surface area (Å²) >= 11 is 0. The second kappa shape index (κ2) is 12.2. The molecule has 2 N–H and O–H groups in total. The molecule has 202 valence electrons. The van der Waals surface area contributed by atoms with Crippen LogP contribution in [0.4, 0.5) is 16.3 Å². The SMILES string of the molecule is CCN(CC(=O)Nc1c(-c2ccccc2)c(C)nn1-c1ccccc1C)C(=O)Nc1ccc(OC)cc1OC. The summed E-state index contributed by atoms with van der Waals surface area (Å²) in [5, 5.41) is 10.7. The number of urea groups is 1. The molecule has 9 heteroatoms. The fourth-order valence-corrected chi connectivity index (χ4v) is 4.34. The van der Waals surface area contributed by atoms with E-state index in [0.29, 0.717) is 29.5 Å². The van der Waals surface area contributed by atoms with Gasteiger partial charge in [-0.3, -0.25) is 4.79 Å². The Balaban J connectivity index is 1.60. The smallest absolute Gasteiger partial charge is 0.322 e. The van der Waals surface area contributed by atoms with Gasteiger partial charge in [-0.15, -0.1) is 0 Å². The molecule has 0 aliphatic heterocycles. The number of amides is 3. The van der Waals surface area contributed by atoms with Crippen LogP contribution in [0.3, 0.4) is 0 Å². The predicted octanol–water partition coefficient (Wildman–Crippen LogP) is 5.67. The number of carbonyl (C=O) groups is 2. The highest BCUT2D eigenvalue weighted by molar-refractivity contribution is 5.99. The lowest BCUT2D eigenvalue weighted by atomic mass is 10.1. The number of rotatable bonds is 9. The van der Waals surface area contributed by atoms with Crippen molar-refractivity contribution in [2.45, 2.75) is 20.8 Å². The van der Waals surface area contributed by atoms with Gasteiger partial charge in [0.2, 0.25) is 5.91 Å². The molecule has 0 saturated heterocycles. The molecule has 1 aromatic heterocycles. The molecule has 0 saturated carbocycles. The van der Waals surface area contributed by atoms with E-state index in [-0.39, 0.29) is 12.5 Å². The van der Waals surface area contributed by atoms with E-state index in [0.717, 1.165) is 28.1 Å². The monoisotopic (exact) mass is 527 g/mol. The van der Waals surface area contributed by atoms with Crippen LogP contribution >= 0.6 is 0 Å². The van der Waals surface area contributed by atoms with Gasteiger partial charge in [-0.2, -0.15) is 5.10 Å². The maximum atomic E-state index is 13.4. The standard InChI is InChI=1S/C30H33N5O4/c1-6-34(30(37)31-24-17-16-23(38-4)18-26(24)39-5)19-27(36)32-29-28(22-13-8-7-9-14-22)21(3)33-35(29)25-15-11-10-12-20(25)2/h7-18H,6,19H2,1-5H3,(H,31,37)(H,32,36). The van der Waals surface area contributed by atoms with Gasteiger partial charge in [0.25, 0.3) is 0 Å². The number of benzene rings is 3. The van der Waals surface area contributed by atoms with E-state index < -0.39 is 6.03 Å². The molecule has 4 aromatic rings. The van der Waals surface area contributed by atoms with Crippen LogP contribution in [0.5, 0.6) is 11.5 Å². The topological polar surface area (TPSA) is 97.7 Å². The molecule has 0 fully saturated rings. The first kappa shape index (κ1) is 27.3. The molecular weight excluding hydrogens is 494 g/mol. The molecule has 3 amide bonds. The molecule has 3 aromatic carbocycles. The lowest BCUT2D eigenvalue weighted by molar-refractivity contribution is -0.116. The zero-order valence-electron chi connectivity index (χ0n) is 22.8. The van der Waals surface area contributed by atoms with E-state index in [1.165, 1.54) is 12.0 Å². The summed E-state index contributed by atoms with van der Waals surface area (Å²) in [6.07, 6.45) is 0. The maximum Gasteiger partial charge on any atom is 0.322 e. The Kier molecular flexibility index (Phi) is 8.50. The van der Waals surface area contributed by atoms with Crippen molar-refractivity contribution in [1.82, 2.24) is 14.7 Å². The number of carbonyl (C=O) groups excluding carboxylic acids is 2. The van der Waals surface area contributed by atoms with Gasteiger partial charge in [-0.25, -0.2) is 9.48 Å². The Bertz CT molecular complexity index is 1470. The van der Waals surface area contributed by atoms with Crippen LogP contribution in [0, 0.1) is 13.8 Å². The molecule has 1 heterocycles. The van der Waals surface area contributed by atoms with E-state index in [4.69, 9.17) is 14.6 Å². The summed E-state index contributed by atoms with van der Waals surface area (Å²) in [4.78, 5) is 27.9. The number of para-hydroxylation sites is 1. The Morgan fingerprint density at radius 2 is 1.64 bits per heavy atom. The first-order valence-corrected chi connectivity index (χ1v) is 12.6. The average Bonchev–Trinajstić information content (AvgIpc) is 3.27. The van der Waals surface area contributed by atoms with Gasteiger partial charge in [0, 0.05) is 18.2 Å². The van der Waals surface area contributed by atoms with Crippen molar-refractivity contribution in [3.05, 3.63) is 84.1 Å². The molecular formula is C30H33N5O4. The Morgan fingerprint density at radius 1 is 0.923 bits per heavy atom. The minimum Gasteiger partial charge on any atom is -0.497 e. The number of hydrogen-bond donors (Lipinski definition) is 2. The van der Waals surface area contributed by atoms with E-state index in [1.54, 1.807) is 30.0 Å². The lowest BCUT2D eigenvalue weighted by Crippen LogP contribution is -2.40. The van der Waals surface area contributed by atoms with Crippen LogP contribution < -0.4 is 20.1 Å². The zero-order chi connectivity index (χ0) is 27.9. The summed E-state index contributed by atoms with van der Waals surface area (Å²) in [6.45, 7) is 5.89. The Hall–Kier alpha value is -4.79. The average molecular weight is 528 g/mol. The van der Waals surface area contributed by atoms with Crippen LogP contribution in [-0.4, -0.2) is 53.9 Å². The molecule has 0 radical (unpaired) electrons. The van der Waals surface area contributed by atoms with Gasteiger partial charge >= 0.3 is 6.03 Å². The van der Waals surface area contributed by atoms with Crippen molar-refractivity contribution in [2.24, 2.45) is 0 Å². The number of aryl methyl sites for hydroxylation is 2. The first-order chi connectivity index (χ1) is 18.9. The maximum absolute atomic E-state index is 13.4. The zero-order valence-corrected chi connectivity index (χ0v) is 22.8. The fraction of sp³-hybridized carbons (Fsp3) is 0.233. The van der Waals surface area contributed by atoms with Crippen molar-refractivity contribution in [3.63, 3.8) is 0 Å². The molecule has 0 aliphatic rings. The number of nitrogens with zero attached hydrogens (tertiary/aromatic N) is 3. The molecule has 0 aliphatic carbocycles. The third kappa shape index (κ3) is 6.04. The van der Waals surface area contributed by atoms with Crippen LogP contribution in [0.15, 0.2) is 72.8 Å². The predicted molar refractivity (Wildman–Crippen MR) is 153 cm³/mol. The number of aromatic nitrogens is 2. The van der Waals surface area contributed by atoms with Gasteiger partial charge in [0.15, 0.2) is 0 Å². The molecule has 9 nitrogen and oxygen atoms in total. The second-order valence-electron chi connectivity index (χ2n) is 8.93. The van der Waals surface area contributed by atoms with E-state index in [2.05, 4.69) is 10.6 Å². The largest absolute Gasteiger partial charge is 0.497 e. The molecule has 4 rings (SSSR count). The molecule has 39 heavy (non-hydrogen) atoms. The molecule has 0 atom stereocenters. The van der Waals surface area contributed by atoms with Crippen LogP contribution in [0.2, 0.25) is 0 Å². The number of anilines is 2. The quantitative estimate of drug-likeness (QED) is 0.293. The van der Waals surface area contributed by atoms with E-state index >= 15 is 0 Å². The van der Waals surface area contributed by atoms with Crippen molar-refractivity contribution < 1.29 is 19.1 Å². The summed E-state index contributed by atoms with van der Waals surface area (Å²) in [5.41, 5.74) is 4.87. The Morgan fingerprint density at radius 3 is 2.31 bits per heavy atom. The third-order valence-corrected chi connectivity index (χ3v) is 6.38. The lowest BCUT2D eigenvalue weighted by Gasteiger charge is -2.22. The number of nitrogens with one attached hydrogen (secondary N) is 2. The molecule has 0 bridgehead atoms. The number of methoxy groups -OCH3 is 2. The van der Waals surface area contributed by atoms with Crippen molar-refractivity contribution in [2.75, 3.05) is 37.9 Å².